The van der Waals surface area contributed by atoms with Gasteiger partial charge < -0.3 is 31.9 Å². The van der Waals surface area contributed by atoms with Crippen LogP contribution in [0.1, 0.15) is 52.7 Å². The van der Waals surface area contributed by atoms with E-state index >= 15 is 0 Å². The Morgan fingerprint density at radius 1 is 0.253 bits per heavy atom. The molecule has 0 aliphatic rings. The van der Waals surface area contributed by atoms with Crippen molar-refractivity contribution in [3.8, 4) is 0 Å². The highest BCUT2D eigenvalue weighted by molar-refractivity contribution is 6.30. The molecule has 0 saturated carbocycles. The van der Waals surface area contributed by atoms with Crippen molar-refractivity contribution in [2.75, 3.05) is 9.80 Å². The molecule has 0 atom stereocenters. The third-order valence-electron chi connectivity index (χ3n) is 15.4. The molecule has 0 fully saturated rings. The molecule has 7 nitrogen and oxygen atoms in total. The Morgan fingerprint density at radius 2 is 0.573 bits per heavy atom. The summed E-state index contributed by atoms with van der Waals surface area (Å²) in [5.74, 6) is 0. The number of rotatable bonds is 6. The van der Waals surface area contributed by atoms with Crippen LogP contribution in [-0.4, -0.2) is 0 Å². The largest absolute Gasteiger partial charge is 0.456 e. The van der Waals surface area contributed by atoms with Crippen molar-refractivity contribution in [1.29, 1.82) is 0 Å². The third kappa shape index (κ3) is 6.73. The molecule has 0 spiro atoms. The fraction of sp³-hybridized carbons (Fsp3) is 0.118. The minimum atomic E-state index is 0.0155. The standard InChI is InChI=1S/C68H50N2O5/c1-67(2,3)39-15-19-41(20-16-39)69(43-23-27-49-47-11-7-9-13-54(47)71-59(49)35-43)45-25-29-51-61(37-45)73-56-33-34-57-64(63(51)56)53-31-32-58-65(66(53)75-57)52-30-26-46(38-62(52)74-58)70(42-21-17-40(18-22-42)68(4,5)6)44-24-28-50-48-12-8-10-14-55(48)72-60(50)36-44/h7-38H,1-6H3. The lowest BCUT2D eigenvalue weighted by molar-refractivity contribution is 0.590. The van der Waals surface area contributed by atoms with Gasteiger partial charge in [0.15, 0.2) is 0 Å². The molecule has 0 aliphatic heterocycles. The van der Waals surface area contributed by atoms with Gasteiger partial charge in [0.05, 0.1) is 5.39 Å². The minimum Gasteiger partial charge on any atom is -0.456 e. The Balaban J connectivity index is 0.857. The van der Waals surface area contributed by atoms with Crippen molar-refractivity contribution in [1.82, 2.24) is 0 Å². The molecule has 0 unspecified atom stereocenters. The molecule has 362 valence electrons. The van der Waals surface area contributed by atoms with Crippen LogP contribution in [0.15, 0.2) is 216 Å². The van der Waals surface area contributed by atoms with Gasteiger partial charge in [-0.3, -0.25) is 0 Å². The van der Waals surface area contributed by atoms with E-state index in [4.69, 9.17) is 22.1 Å². The van der Waals surface area contributed by atoms with Crippen molar-refractivity contribution in [2.45, 2.75) is 52.4 Å². The van der Waals surface area contributed by atoms with Gasteiger partial charge in [-0.15, -0.1) is 0 Å². The number of benzene rings is 10. The molecule has 10 aromatic carbocycles. The van der Waals surface area contributed by atoms with E-state index in [2.05, 4.69) is 209 Å². The first-order valence-electron chi connectivity index (χ1n) is 25.7. The first-order chi connectivity index (χ1) is 36.4. The summed E-state index contributed by atoms with van der Waals surface area (Å²) in [4.78, 5) is 4.55. The average Bonchev–Trinajstić information content (AvgIpc) is 4.25. The third-order valence-corrected chi connectivity index (χ3v) is 15.4. The Bertz CT molecular complexity index is 4800. The van der Waals surface area contributed by atoms with E-state index in [-0.39, 0.29) is 10.8 Å². The number of hydrogen-bond acceptors (Lipinski definition) is 7. The zero-order valence-corrected chi connectivity index (χ0v) is 42.4. The maximum Gasteiger partial charge on any atom is 0.147 e. The molecule has 15 aromatic rings. The van der Waals surface area contributed by atoms with Crippen LogP contribution >= 0.6 is 0 Å². The summed E-state index contributed by atoms with van der Waals surface area (Å²) < 4.78 is 33.3. The van der Waals surface area contributed by atoms with E-state index in [0.717, 1.165) is 144 Å². The van der Waals surface area contributed by atoms with Gasteiger partial charge in [-0.25, -0.2) is 0 Å². The summed E-state index contributed by atoms with van der Waals surface area (Å²) in [6.07, 6.45) is 0. The van der Waals surface area contributed by atoms with E-state index in [1.165, 1.54) is 11.1 Å². The lowest BCUT2D eigenvalue weighted by Crippen LogP contribution is -2.13. The first-order valence-corrected chi connectivity index (χ1v) is 25.7. The van der Waals surface area contributed by atoms with Crippen LogP contribution in [0, 0.1) is 0 Å². The zero-order valence-electron chi connectivity index (χ0n) is 42.4. The summed E-state index contributed by atoms with van der Waals surface area (Å²) >= 11 is 0. The summed E-state index contributed by atoms with van der Waals surface area (Å²) in [6.45, 7) is 13.5. The Hall–Kier alpha value is -9.20. The first kappa shape index (κ1) is 43.4. The van der Waals surface area contributed by atoms with Crippen molar-refractivity contribution in [3.63, 3.8) is 0 Å². The van der Waals surface area contributed by atoms with Crippen LogP contribution in [-0.2, 0) is 10.8 Å². The van der Waals surface area contributed by atoms with Crippen LogP contribution in [0.3, 0.4) is 0 Å². The summed E-state index contributed by atoms with van der Waals surface area (Å²) in [6, 6.07) is 68.4. The lowest BCUT2D eigenvalue weighted by Gasteiger charge is -2.27. The molecule has 0 bridgehead atoms. The Morgan fingerprint density at radius 3 is 1.04 bits per heavy atom. The normalized spacial score (nSPS) is 12.7. The molecular formula is C68H50N2O5. The van der Waals surface area contributed by atoms with Gasteiger partial charge >= 0.3 is 0 Å². The maximum absolute atomic E-state index is 6.91. The number of para-hydroxylation sites is 2. The van der Waals surface area contributed by atoms with Gasteiger partial charge in [-0.05, 0) is 131 Å². The van der Waals surface area contributed by atoms with Crippen molar-refractivity contribution < 1.29 is 22.1 Å². The molecule has 75 heavy (non-hydrogen) atoms. The molecule has 5 aromatic heterocycles. The van der Waals surface area contributed by atoms with Crippen LogP contribution < -0.4 is 9.80 Å². The topological polar surface area (TPSA) is 72.2 Å². The predicted molar refractivity (Wildman–Crippen MR) is 310 cm³/mol. The van der Waals surface area contributed by atoms with Gasteiger partial charge in [0.1, 0.15) is 55.8 Å². The molecule has 15 rings (SSSR count). The van der Waals surface area contributed by atoms with Crippen molar-refractivity contribution >= 4 is 144 Å². The van der Waals surface area contributed by atoms with E-state index in [9.17, 15) is 0 Å². The Labute approximate surface area is 431 Å². The smallest absolute Gasteiger partial charge is 0.147 e. The summed E-state index contributed by atoms with van der Waals surface area (Å²) in [7, 11) is 0. The fourth-order valence-electron chi connectivity index (χ4n) is 11.5. The average molecular weight is 975 g/mol. The second-order valence-corrected chi connectivity index (χ2v) is 22.1. The van der Waals surface area contributed by atoms with E-state index in [1.54, 1.807) is 0 Å². The van der Waals surface area contributed by atoms with Crippen LogP contribution in [0.2, 0.25) is 0 Å². The van der Waals surface area contributed by atoms with Crippen LogP contribution in [0.5, 0.6) is 0 Å². The number of furan rings is 5. The molecule has 0 radical (unpaired) electrons. The molecular weight excluding hydrogens is 925 g/mol. The monoisotopic (exact) mass is 974 g/mol. The zero-order chi connectivity index (χ0) is 50.5. The molecule has 0 aliphatic carbocycles. The van der Waals surface area contributed by atoms with Gasteiger partial charge in [0.2, 0.25) is 0 Å². The molecule has 0 saturated heterocycles. The molecule has 7 heteroatoms. The fourth-order valence-corrected chi connectivity index (χ4v) is 11.5. The minimum absolute atomic E-state index is 0.0155. The van der Waals surface area contributed by atoms with Gasteiger partial charge in [0, 0.05) is 107 Å². The number of anilines is 6. The van der Waals surface area contributed by atoms with Crippen molar-refractivity contribution in [2.24, 2.45) is 0 Å². The molecule has 0 amide bonds. The van der Waals surface area contributed by atoms with Gasteiger partial charge in [-0.2, -0.15) is 0 Å². The number of fused-ring (bicyclic) bond motifs is 17. The number of nitrogens with zero attached hydrogens (tertiary/aromatic N) is 2. The van der Waals surface area contributed by atoms with E-state index in [0.29, 0.717) is 0 Å². The summed E-state index contributed by atoms with van der Waals surface area (Å²) in [5, 5.41) is 10.3. The second kappa shape index (κ2) is 15.7. The summed E-state index contributed by atoms with van der Waals surface area (Å²) in [5.41, 5.74) is 16.6. The maximum atomic E-state index is 6.91. The van der Waals surface area contributed by atoms with Gasteiger partial charge in [0.25, 0.3) is 0 Å². The van der Waals surface area contributed by atoms with E-state index in [1.807, 2.05) is 36.4 Å². The number of hydrogen-bond donors (Lipinski definition) is 0. The predicted octanol–water partition coefficient (Wildman–Crippen LogP) is 20.7. The SMILES string of the molecule is CC(C)(C)c1ccc(N(c2ccc3c(c2)oc2ccccc23)c2ccc3c(c2)oc2ccc4c(oc5ccc6oc7cc(N(c8ccc(C(C)(C)C)cc8)c8ccc9c(c8)oc8ccccc89)ccc7c6c54)c23)cc1. The highest BCUT2D eigenvalue weighted by Gasteiger charge is 2.25. The lowest BCUT2D eigenvalue weighted by atomic mass is 9.87. The molecule has 5 heterocycles. The van der Waals surface area contributed by atoms with Crippen LogP contribution in [0.4, 0.5) is 34.1 Å². The van der Waals surface area contributed by atoms with E-state index < -0.39 is 0 Å². The van der Waals surface area contributed by atoms with Gasteiger partial charge in [-0.1, -0.05) is 102 Å². The quantitative estimate of drug-likeness (QED) is 0.164. The second-order valence-electron chi connectivity index (χ2n) is 22.1. The highest BCUT2D eigenvalue weighted by atomic mass is 16.4. The van der Waals surface area contributed by atoms with Crippen molar-refractivity contribution in [3.05, 3.63) is 205 Å². The van der Waals surface area contributed by atoms with Crippen LogP contribution in [0.25, 0.3) is 110 Å². The highest BCUT2D eigenvalue weighted by Crippen LogP contribution is 2.48. The Kier molecular flexibility index (Phi) is 9.06. The molecule has 0 N–H and O–H groups in total.